The van der Waals surface area contributed by atoms with E-state index in [1.807, 2.05) is 27.7 Å². The van der Waals surface area contributed by atoms with Gasteiger partial charge in [-0.05, 0) is 31.6 Å². The van der Waals surface area contributed by atoms with Gasteiger partial charge in [-0.1, -0.05) is 34.6 Å². The summed E-state index contributed by atoms with van der Waals surface area (Å²) in [5.74, 6) is 0.940. The maximum atomic E-state index is 5.70. The van der Waals surface area contributed by atoms with Crippen molar-refractivity contribution in [2.75, 3.05) is 0 Å². The Balaban J connectivity index is -0.0000000750. The Morgan fingerprint density at radius 3 is 1.46 bits per heavy atom. The number of nitrogens with two attached hydrogens (primary N) is 1. The third kappa shape index (κ3) is 13.3. The van der Waals surface area contributed by atoms with E-state index in [4.69, 9.17) is 5.73 Å². The van der Waals surface area contributed by atoms with Gasteiger partial charge < -0.3 is 5.73 Å². The van der Waals surface area contributed by atoms with Crippen LogP contribution in [0, 0.1) is 47.2 Å². The molecule has 0 atom stereocenters. The van der Waals surface area contributed by atoms with Crippen molar-refractivity contribution in [2.45, 2.75) is 66.3 Å². The van der Waals surface area contributed by atoms with Crippen LogP contribution < -0.4 is 5.73 Å². The fourth-order valence-electron chi connectivity index (χ4n) is 1.29. The molecule has 1 aliphatic carbocycles. The Labute approximate surface area is 120 Å². The van der Waals surface area contributed by atoms with Crippen LogP contribution in [0.4, 0.5) is 0 Å². The summed E-state index contributed by atoms with van der Waals surface area (Å²) in [5.41, 5.74) is 5.70. The first kappa shape index (κ1) is 19.8. The molecule has 0 aromatic rings. The smallest absolute Gasteiger partial charge is 0.00390 e. The molecule has 1 saturated carbocycles. The van der Waals surface area contributed by atoms with Gasteiger partial charge >= 0.3 is 0 Å². The first-order valence-corrected chi connectivity index (χ1v) is 5.54. The van der Waals surface area contributed by atoms with Crippen molar-refractivity contribution in [1.82, 2.24) is 0 Å². The molecular formula is C11H29NPr. The molecule has 1 fully saturated rings. The molecule has 1 radical (unpaired) electrons. The van der Waals surface area contributed by atoms with Crippen molar-refractivity contribution in [3.8, 4) is 0 Å². The normalized spacial score (nSPS) is 25.4. The van der Waals surface area contributed by atoms with Crippen molar-refractivity contribution in [3.05, 3.63) is 0 Å². The van der Waals surface area contributed by atoms with Gasteiger partial charge in [0.15, 0.2) is 0 Å². The molecule has 0 aromatic carbocycles. The summed E-state index contributed by atoms with van der Waals surface area (Å²) in [7, 11) is 0. The zero-order valence-corrected chi connectivity index (χ0v) is 13.8. The monoisotopic (exact) mass is 316 g/mol. The molecule has 1 aliphatic rings. The maximum Gasteiger partial charge on any atom is 0.00390 e. The second kappa shape index (κ2) is 15.8. The van der Waals surface area contributed by atoms with Crippen LogP contribution in [-0.4, -0.2) is 6.04 Å². The third-order valence-electron chi connectivity index (χ3n) is 2.06. The Bertz CT molecular complexity index is 63.7. The van der Waals surface area contributed by atoms with Crippen LogP contribution in [0.2, 0.25) is 0 Å². The number of hydrogen-bond acceptors (Lipinski definition) is 1. The second-order valence-corrected chi connectivity index (χ2v) is 3.02. The average Bonchev–Trinajstić information content (AvgIpc) is 2.17. The van der Waals surface area contributed by atoms with Gasteiger partial charge in [0.1, 0.15) is 0 Å². The minimum atomic E-state index is 0. The zero-order valence-electron chi connectivity index (χ0n) is 10.1. The Morgan fingerprint density at radius 2 is 1.23 bits per heavy atom. The minimum absolute atomic E-state index is 0. The molecule has 0 bridgehead atoms. The van der Waals surface area contributed by atoms with Crippen LogP contribution in [0.15, 0.2) is 0 Å². The van der Waals surface area contributed by atoms with E-state index in [1.54, 1.807) is 0 Å². The summed E-state index contributed by atoms with van der Waals surface area (Å²) in [6.45, 7) is 10.3. The Morgan fingerprint density at radius 1 is 0.923 bits per heavy atom. The molecule has 0 aliphatic heterocycles. The first-order valence-electron chi connectivity index (χ1n) is 5.54. The van der Waals surface area contributed by atoms with E-state index in [9.17, 15) is 0 Å². The van der Waals surface area contributed by atoms with Gasteiger partial charge in [-0.15, -0.1) is 0 Å². The topological polar surface area (TPSA) is 26.0 Å². The van der Waals surface area contributed by atoms with Crippen LogP contribution in [0.3, 0.4) is 0 Å². The largest absolute Gasteiger partial charge is 0.328 e. The van der Waals surface area contributed by atoms with Gasteiger partial charge in [0.25, 0.3) is 0 Å². The fraction of sp³-hybridized carbons (Fsp3) is 1.00. The summed E-state index contributed by atoms with van der Waals surface area (Å²) in [6, 6.07) is 0.520. The SMILES string of the molecule is CC.CC.CC1CCC(N)CC1.[HH].[Pr]. The third-order valence-corrected chi connectivity index (χ3v) is 2.06. The summed E-state index contributed by atoms with van der Waals surface area (Å²) in [6.07, 6.45) is 5.20. The molecule has 0 amide bonds. The van der Waals surface area contributed by atoms with Crippen molar-refractivity contribution < 1.29 is 42.7 Å². The van der Waals surface area contributed by atoms with Crippen LogP contribution in [0.25, 0.3) is 0 Å². The average molecular weight is 316 g/mol. The van der Waals surface area contributed by atoms with E-state index < -0.39 is 0 Å². The van der Waals surface area contributed by atoms with Gasteiger partial charge in [0.2, 0.25) is 0 Å². The summed E-state index contributed by atoms with van der Waals surface area (Å²) < 4.78 is 0. The molecule has 81 valence electrons. The van der Waals surface area contributed by atoms with Gasteiger partial charge in [0, 0.05) is 48.8 Å². The molecule has 1 nitrogen and oxygen atoms in total. The molecule has 0 heterocycles. The van der Waals surface area contributed by atoms with Gasteiger partial charge in [-0.3, -0.25) is 0 Å². The van der Waals surface area contributed by atoms with Crippen molar-refractivity contribution >= 4 is 0 Å². The van der Waals surface area contributed by atoms with E-state index in [0.717, 1.165) is 5.92 Å². The quantitative estimate of drug-likeness (QED) is 0.722. The van der Waals surface area contributed by atoms with Gasteiger partial charge in [-0.25, -0.2) is 0 Å². The van der Waals surface area contributed by atoms with Crippen molar-refractivity contribution in [2.24, 2.45) is 11.7 Å². The van der Waals surface area contributed by atoms with E-state index in [-0.39, 0.29) is 42.7 Å². The number of rotatable bonds is 0. The maximum absolute atomic E-state index is 5.70. The molecule has 0 spiro atoms. The Kier molecular flexibility index (Phi) is 24.1. The van der Waals surface area contributed by atoms with Gasteiger partial charge in [0.05, 0.1) is 0 Å². The predicted octanol–water partition coefficient (Wildman–Crippen LogP) is 3.82. The molecule has 0 saturated heterocycles. The van der Waals surface area contributed by atoms with E-state index in [2.05, 4.69) is 6.92 Å². The number of hydrogen-bond donors (Lipinski definition) is 1. The molecule has 2 heteroatoms. The summed E-state index contributed by atoms with van der Waals surface area (Å²) in [5, 5.41) is 0. The van der Waals surface area contributed by atoms with Gasteiger partial charge in [-0.2, -0.15) is 0 Å². The minimum Gasteiger partial charge on any atom is -0.328 e. The van der Waals surface area contributed by atoms with Crippen molar-refractivity contribution in [3.63, 3.8) is 0 Å². The van der Waals surface area contributed by atoms with Crippen LogP contribution in [0.1, 0.15) is 61.7 Å². The fourth-order valence-corrected chi connectivity index (χ4v) is 1.29. The first-order chi connectivity index (χ1) is 5.79. The molecule has 13 heavy (non-hydrogen) atoms. The molecular weight excluding hydrogens is 287 g/mol. The summed E-state index contributed by atoms with van der Waals surface area (Å²) in [4.78, 5) is 0. The zero-order chi connectivity index (χ0) is 9.98. The van der Waals surface area contributed by atoms with Crippen LogP contribution in [-0.2, 0) is 0 Å². The second-order valence-electron chi connectivity index (χ2n) is 3.02. The van der Waals surface area contributed by atoms with Crippen LogP contribution in [0.5, 0.6) is 0 Å². The van der Waals surface area contributed by atoms with Crippen LogP contribution >= 0.6 is 0 Å². The summed E-state index contributed by atoms with van der Waals surface area (Å²) >= 11 is 0. The molecule has 0 aromatic heterocycles. The van der Waals surface area contributed by atoms with E-state index in [0.29, 0.717) is 6.04 Å². The molecule has 0 unspecified atom stereocenters. The molecule has 1 rings (SSSR count). The van der Waals surface area contributed by atoms with E-state index >= 15 is 0 Å². The Hall–Kier alpha value is 1.32. The van der Waals surface area contributed by atoms with E-state index in [1.165, 1.54) is 25.7 Å². The standard InChI is InChI=1S/C7H15N.2C2H6.Pr.H2/c1-6-2-4-7(8)5-3-6;2*1-2;;/h6-7H,2-5,8H2,1H3;2*1-2H3;;1H. The predicted molar refractivity (Wildman–Crippen MR) is 60.4 cm³/mol. The van der Waals surface area contributed by atoms with Crippen molar-refractivity contribution in [1.29, 1.82) is 0 Å². The molecule has 2 N–H and O–H groups in total.